The fourth-order valence-electron chi connectivity index (χ4n) is 1.75. The Morgan fingerprint density at radius 2 is 2.21 bits per heavy atom. The number of methoxy groups -OCH3 is 1. The Morgan fingerprint density at radius 3 is 2.95 bits per heavy atom. The molecule has 2 aromatic rings. The molecule has 0 saturated carbocycles. The molecule has 1 N–H and O–H groups in total. The summed E-state index contributed by atoms with van der Waals surface area (Å²) >= 11 is 1.41. The van der Waals surface area contributed by atoms with Crippen LogP contribution in [-0.2, 0) is 9.53 Å². The molecular formula is C14H16N2O2S. The van der Waals surface area contributed by atoms with E-state index in [2.05, 4.69) is 42.3 Å². The number of nitrogens with one attached hydrogen (secondary N) is 1. The zero-order chi connectivity index (χ0) is 13.8. The Hall–Kier alpha value is -1.72. The maximum atomic E-state index is 11.4. The molecule has 0 atom stereocenters. The van der Waals surface area contributed by atoms with Crippen molar-refractivity contribution in [3.05, 3.63) is 34.7 Å². The van der Waals surface area contributed by atoms with Crippen LogP contribution >= 0.6 is 11.3 Å². The Balaban J connectivity index is 2.21. The third-order valence-electron chi connectivity index (χ3n) is 2.69. The van der Waals surface area contributed by atoms with E-state index in [1.54, 1.807) is 0 Å². The molecule has 2 rings (SSSR count). The molecule has 0 spiro atoms. The Bertz CT molecular complexity index is 593. The second-order valence-corrected chi connectivity index (χ2v) is 5.20. The van der Waals surface area contributed by atoms with Crippen molar-refractivity contribution in [1.29, 1.82) is 0 Å². The standard InChI is InChI=1S/C14H16N2O2S/c1-9-4-5-10(2)11(6-9)12-8-19-14(15-12)16-13(17)7-18-3/h4-6,8H,7H2,1-3H3,(H,15,16,17). The summed E-state index contributed by atoms with van der Waals surface area (Å²) in [5.41, 5.74) is 4.35. The van der Waals surface area contributed by atoms with E-state index in [1.165, 1.54) is 29.6 Å². The average molecular weight is 276 g/mol. The molecule has 4 nitrogen and oxygen atoms in total. The highest BCUT2D eigenvalue weighted by atomic mass is 32.1. The van der Waals surface area contributed by atoms with Crippen LogP contribution in [0.15, 0.2) is 23.6 Å². The van der Waals surface area contributed by atoms with Crippen molar-refractivity contribution in [2.24, 2.45) is 0 Å². The van der Waals surface area contributed by atoms with Gasteiger partial charge in [-0.05, 0) is 25.5 Å². The van der Waals surface area contributed by atoms with Gasteiger partial charge in [-0.2, -0.15) is 0 Å². The van der Waals surface area contributed by atoms with E-state index in [1.807, 2.05) is 5.38 Å². The van der Waals surface area contributed by atoms with Crippen LogP contribution in [0.1, 0.15) is 11.1 Å². The van der Waals surface area contributed by atoms with Gasteiger partial charge >= 0.3 is 0 Å². The largest absolute Gasteiger partial charge is 0.375 e. The molecular weight excluding hydrogens is 260 g/mol. The van der Waals surface area contributed by atoms with Crippen molar-refractivity contribution >= 4 is 22.4 Å². The molecule has 0 bridgehead atoms. The maximum Gasteiger partial charge on any atom is 0.252 e. The lowest BCUT2D eigenvalue weighted by atomic mass is 10.0. The van der Waals surface area contributed by atoms with Gasteiger partial charge in [0.15, 0.2) is 5.13 Å². The van der Waals surface area contributed by atoms with Gasteiger partial charge in [0.25, 0.3) is 5.91 Å². The molecule has 0 aliphatic heterocycles. The summed E-state index contributed by atoms with van der Waals surface area (Å²) in [6.07, 6.45) is 0. The normalized spacial score (nSPS) is 10.5. The highest BCUT2D eigenvalue weighted by Gasteiger charge is 2.09. The van der Waals surface area contributed by atoms with E-state index in [0.717, 1.165) is 11.3 Å². The highest BCUT2D eigenvalue weighted by molar-refractivity contribution is 7.14. The number of carbonyl (C=O) groups excluding carboxylic acids is 1. The van der Waals surface area contributed by atoms with E-state index < -0.39 is 0 Å². The minimum Gasteiger partial charge on any atom is -0.375 e. The molecule has 1 aromatic carbocycles. The third kappa shape index (κ3) is 3.39. The van der Waals surface area contributed by atoms with E-state index >= 15 is 0 Å². The smallest absolute Gasteiger partial charge is 0.252 e. The van der Waals surface area contributed by atoms with Crippen LogP contribution in [-0.4, -0.2) is 24.6 Å². The van der Waals surface area contributed by atoms with Crippen LogP contribution in [0.5, 0.6) is 0 Å². The SMILES string of the molecule is COCC(=O)Nc1nc(-c2cc(C)ccc2C)cs1. The number of amides is 1. The summed E-state index contributed by atoms with van der Waals surface area (Å²) in [4.78, 5) is 15.8. The summed E-state index contributed by atoms with van der Waals surface area (Å²) < 4.78 is 4.77. The number of ether oxygens (including phenoxy) is 1. The van der Waals surface area contributed by atoms with Crippen LogP contribution in [0.3, 0.4) is 0 Å². The van der Waals surface area contributed by atoms with Crippen LogP contribution in [0.25, 0.3) is 11.3 Å². The predicted octanol–water partition coefficient (Wildman–Crippen LogP) is 3.01. The molecule has 0 saturated heterocycles. The third-order valence-corrected chi connectivity index (χ3v) is 3.45. The van der Waals surface area contributed by atoms with E-state index in [9.17, 15) is 4.79 Å². The lowest BCUT2D eigenvalue weighted by molar-refractivity contribution is -0.119. The summed E-state index contributed by atoms with van der Waals surface area (Å²) in [6.45, 7) is 4.15. The molecule has 19 heavy (non-hydrogen) atoms. The van der Waals surface area contributed by atoms with Gasteiger partial charge in [-0.1, -0.05) is 17.7 Å². The number of hydrogen-bond acceptors (Lipinski definition) is 4. The Kier molecular flexibility index (Phi) is 4.29. The molecule has 0 unspecified atom stereocenters. The van der Waals surface area contributed by atoms with Crippen LogP contribution in [0.2, 0.25) is 0 Å². The minimum atomic E-state index is -0.190. The van der Waals surface area contributed by atoms with Crippen molar-refractivity contribution < 1.29 is 9.53 Å². The molecule has 5 heteroatoms. The lowest BCUT2D eigenvalue weighted by Gasteiger charge is -2.04. The average Bonchev–Trinajstić information content (AvgIpc) is 2.81. The summed E-state index contributed by atoms with van der Waals surface area (Å²) in [5, 5.41) is 5.25. The fraction of sp³-hybridized carbons (Fsp3) is 0.286. The molecule has 1 aromatic heterocycles. The van der Waals surface area contributed by atoms with Crippen molar-refractivity contribution in [2.75, 3.05) is 19.0 Å². The first kappa shape index (κ1) is 13.7. The Morgan fingerprint density at radius 1 is 1.42 bits per heavy atom. The van der Waals surface area contributed by atoms with Gasteiger partial charge in [0.05, 0.1) is 5.69 Å². The number of thiazole rings is 1. The number of nitrogens with zero attached hydrogens (tertiary/aromatic N) is 1. The van der Waals surface area contributed by atoms with Gasteiger partial charge in [-0.15, -0.1) is 11.3 Å². The number of carbonyl (C=O) groups is 1. The van der Waals surface area contributed by atoms with E-state index in [4.69, 9.17) is 4.74 Å². The second-order valence-electron chi connectivity index (χ2n) is 4.34. The Labute approximate surface area is 116 Å². The van der Waals surface area contributed by atoms with Gasteiger partial charge in [0, 0.05) is 18.1 Å². The monoisotopic (exact) mass is 276 g/mol. The molecule has 100 valence electrons. The van der Waals surface area contributed by atoms with E-state index in [0.29, 0.717) is 5.13 Å². The van der Waals surface area contributed by atoms with Crippen LogP contribution < -0.4 is 5.32 Å². The van der Waals surface area contributed by atoms with Crippen LogP contribution in [0, 0.1) is 13.8 Å². The minimum absolute atomic E-state index is 0.0401. The zero-order valence-electron chi connectivity index (χ0n) is 11.2. The summed E-state index contributed by atoms with van der Waals surface area (Å²) in [7, 11) is 1.49. The quantitative estimate of drug-likeness (QED) is 0.934. The first-order valence-corrected chi connectivity index (χ1v) is 6.80. The van der Waals surface area contributed by atoms with Gasteiger partial charge < -0.3 is 4.74 Å². The molecule has 0 aliphatic carbocycles. The van der Waals surface area contributed by atoms with Gasteiger partial charge in [0.2, 0.25) is 0 Å². The topological polar surface area (TPSA) is 51.2 Å². The number of hydrogen-bond donors (Lipinski definition) is 1. The highest BCUT2D eigenvalue weighted by Crippen LogP contribution is 2.28. The van der Waals surface area contributed by atoms with E-state index in [-0.39, 0.29) is 12.5 Å². The predicted molar refractivity (Wildman–Crippen MR) is 77.5 cm³/mol. The zero-order valence-corrected chi connectivity index (χ0v) is 12.0. The van der Waals surface area contributed by atoms with Gasteiger partial charge in [-0.3, -0.25) is 10.1 Å². The van der Waals surface area contributed by atoms with Gasteiger partial charge in [-0.25, -0.2) is 4.98 Å². The van der Waals surface area contributed by atoms with Crippen molar-refractivity contribution in [3.63, 3.8) is 0 Å². The molecule has 0 radical (unpaired) electrons. The van der Waals surface area contributed by atoms with Crippen molar-refractivity contribution in [3.8, 4) is 11.3 Å². The number of rotatable bonds is 4. The second kappa shape index (κ2) is 5.95. The lowest BCUT2D eigenvalue weighted by Crippen LogP contribution is -2.16. The molecule has 0 fully saturated rings. The first-order valence-electron chi connectivity index (χ1n) is 5.92. The molecule has 1 heterocycles. The van der Waals surface area contributed by atoms with Crippen molar-refractivity contribution in [1.82, 2.24) is 4.98 Å². The first-order chi connectivity index (χ1) is 9.10. The number of aryl methyl sites for hydroxylation is 2. The fourth-order valence-corrected chi connectivity index (χ4v) is 2.48. The maximum absolute atomic E-state index is 11.4. The van der Waals surface area contributed by atoms with Crippen molar-refractivity contribution in [2.45, 2.75) is 13.8 Å². The molecule has 0 aliphatic rings. The number of aromatic nitrogens is 1. The van der Waals surface area contributed by atoms with Crippen LogP contribution in [0.4, 0.5) is 5.13 Å². The summed E-state index contributed by atoms with van der Waals surface area (Å²) in [5.74, 6) is -0.190. The number of anilines is 1. The van der Waals surface area contributed by atoms with Gasteiger partial charge in [0.1, 0.15) is 6.61 Å². The number of benzene rings is 1. The summed E-state index contributed by atoms with van der Waals surface area (Å²) in [6, 6.07) is 6.25. The molecule has 1 amide bonds.